The number of esters is 1. The molecule has 0 radical (unpaired) electrons. The molecule has 0 aromatic rings. The van der Waals surface area contributed by atoms with E-state index >= 15 is 0 Å². The summed E-state index contributed by atoms with van der Waals surface area (Å²) in [5, 5.41) is 0. The highest BCUT2D eigenvalue weighted by Crippen LogP contribution is 2.27. The minimum atomic E-state index is -0.678. The van der Waals surface area contributed by atoms with E-state index < -0.39 is 17.1 Å². The Labute approximate surface area is 220 Å². The predicted molar refractivity (Wildman–Crippen MR) is 144 cm³/mol. The van der Waals surface area contributed by atoms with Crippen molar-refractivity contribution < 1.29 is 23.9 Å². The summed E-state index contributed by atoms with van der Waals surface area (Å²) in [6.07, 6.45) is 0. The first-order valence-corrected chi connectivity index (χ1v) is 12.9. The highest BCUT2D eigenvalue weighted by Gasteiger charge is 2.38. The van der Waals surface area contributed by atoms with Gasteiger partial charge >= 0.3 is 5.97 Å². The molecular weight excluding hydrogens is 458 g/mol. The van der Waals surface area contributed by atoms with E-state index in [1.54, 1.807) is 25.7 Å². The zero-order chi connectivity index (χ0) is 29.0. The molecule has 210 valence electrons. The summed E-state index contributed by atoms with van der Waals surface area (Å²) in [5.74, 6) is -1.35. The van der Waals surface area contributed by atoms with Gasteiger partial charge in [-0.05, 0) is 66.2 Å². The number of amides is 3. The molecule has 8 nitrogen and oxygen atoms in total. The van der Waals surface area contributed by atoms with E-state index in [2.05, 4.69) is 0 Å². The standard InChI is InChI=1S/C28H53N3O5/c1-19(25(4,5)6)29(23(34)17-31(21(3)32)27(10,11)12)16-22(33)30(20(2)26(7,8)9)18-24(35)36-28(13,14)15/h19-20H,16-18H2,1-15H3/t19-,20-/m0/s1. The lowest BCUT2D eigenvalue weighted by Crippen LogP contribution is -2.57. The maximum atomic E-state index is 13.7. The molecule has 0 aromatic heterocycles. The first kappa shape index (κ1) is 33.9. The van der Waals surface area contributed by atoms with Crippen molar-refractivity contribution >= 4 is 23.7 Å². The molecule has 0 unspecified atom stereocenters. The van der Waals surface area contributed by atoms with Crippen molar-refractivity contribution in [3.05, 3.63) is 0 Å². The molecule has 0 aliphatic heterocycles. The lowest BCUT2D eigenvalue weighted by atomic mass is 9.86. The molecule has 0 N–H and O–H groups in total. The van der Waals surface area contributed by atoms with E-state index in [0.717, 1.165) is 0 Å². The molecule has 36 heavy (non-hydrogen) atoms. The maximum Gasteiger partial charge on any atom is 0.326 e. The summed E-state index contributed by atoms with van der Waals surface area (Å²) in [6.45, 7) is 27.7. The van der Waals surface area contributed by atoms with Gasteiger partial charge in [0.15, 0.2) is 0 Å². The van der Waals surface area contributed by atoms with Gasteiger partial charge in [0.05, 0.1) is 0 Å². The number of rotatable bonds is 8. The van der Waals surface area contributed by atoms with Crippen molar-refractivity contribution in [3.8, 4) is 0 Å². The second-order valence-electron chi connectivity index (χ2n) is 14.0. The van der Waals surface area contributed by atoms with Crippen LogP contribution in [0, 0.1) is 10.8 Å². The second kappa shape index (κ2) is 12.0. The number of ether oxygens (including phenoxy) is 1. The maximum absolute atomic E-state index is 13.7. The SMILES string of the molecule is CC(=O)N(CC(=O)N(CC(=O)N(CC(=O)OC(C)(C)C)[C@@H](C)C(C)(C)C)[C@@H](C)C(C)(C)C)C(C)(C)C. The number of carbonyl (C=O) groups excluding carboxylic acids is 4. The van der Waals surface area contributed by atoms with Crippen molar-refractivity contribution in [3.63, 3.8) is 0 Å². The number of hydrogen-bond acceptors (Lipinski definition) is 5. The quantitative estimate of drug-likeness (QED) is 0.448. The average molecular weight is 512 g/mol. The Morgan fingerprint density at radius 2 is 1.00 bits per heavy atom. The van der Waals surface area contributed by atoms with Crippen LogP contribution in [-0.4, -0.2) is 81.2 Å². The Balaban J connectivity index is 6.24. The van der Waals surface area contributed by atoms with Crippen LogP contribution in [0.3, 0.4) is 0 Å². The van der Waals surface area contributed by atoms with E-state index in [-0.39, 0.29) is 60.3 Å². The zero-order valence-corrected chi connectivity index (χ0v) is 25.7. The summed E-state index contributed by atoms with van der Waals surface area (Å²) >= 11 is 0. The van der Waals surface area contributed by atoms with E-state index in [1.807, 2.05) is 76.2 Å². The van der Waals surface area contributed by atoms with Crippen LogP contribution in [0.2, 0.25) is 0 Å². The Morgan fingerprint density at radius 1 is 0.639 bits per heavy atom. The molecule has 2 atom stereocenters. The first-order valence-electron chi connectivity index (χ1n) is 12.9. The summed E-state index contributed by atoms with van der Waals surface area (Å²) in [7, 11) is 0. The molecule has 0 heterocycles. The van der Waals surface area contributed by atoms with Gasteiger partial charge < -0.3 is 19.4 Å². The van der Waals surface area contributed by atoms with Crippen molar-refractivity contribution in [2.45, 2.75) is 127 Å². The van der Waals surface area contributed by atoms with Gasteiger partial charge in [0.1, 0.15) is 25.2 Å². The van der Waals surface area contributed by atoms with Crippen LogP contribution >= 0.6 is 0 Å². The van der Waals surface area contributed by atoms with Gasteiger partial charge in [-0.3, -0.25) is 19.2 Å². The summed E-state index contributed by atoms with van der Waals surface area (Å²) in [5.41, 5.74) is -1.85. The van der Waals surface area contributed by atoms with Crippen molar-refractivity contribution in [1.82, 2.24) is 14.7 Å². The lowest BCUT2D eigenvalue weighted by Gasteiger charge is -2.43. The van der Waals surface area contributed by atoms with E-state index in [0.29, 0.717) is 0 Å². The van der Waals surface area contributed by atoms with E-state index in [9.17, 15) is 19.2 Å². The molecular formula is C28H53N3O5. The Morgan fingerprint density at radius 3 is 1.31 bits per heavy atom. The molecule has 3 amide bonds. The monoisotopic (exact) mass is 511 g/mol. The number of nitrogens with zero attached hydrogens (tertiary/aromatic N) is 3. The number of hydrogen-bond donors (Lipinski definition) is 0. The van der Waals surface area contributed by atoms with Gasteiger partial charge in [-0.25, -0.2) is 0 Å². The third-order valence-electron chi connectivity index (χ3n) is 6.59. The van der Waals surface area contributed by atoms with Gasteiger partial charge in [0, 0.05) is 24.5 Å². The first-order chi connectivity index (χ1) is 15.8. The van der Waals surface area contributed by atoms with Crippen LogP contribution in [0.5, 0.6) is 0 Å². The van der Waals surface area contributed by atoms with E-state index in [1.165, 1.54) is 16.7 Å². The van der Waals surface area contributed by atoms with Gasteiger partial charge in [-0.2, -0.15) is 0 Å². The van der Waals surface area contributed by atoms with Gasteiger partial charge in [-0.1, -0.05) is 41.5 Å². The molecule has 0 fully saturated rings. The third-order valence-corrected chi connectivity index (χ3v) is 6.59. The van der Waals surface area contributed by atoms with Crippen LogP contribution in [0.15, 0.2) is 0 Å². The Bertz CT molecular complexity index is 794. The fourth-order valence-electron chi connectivity index (χ4n) is 3.61. The van der Waals surface area contributed by atoms with Crippen LogP contribution in [0.25, 0.3) is 0 Å². The summed E-state index contributed by atoms with van der Waals surface area (Å²) in [6, 6.07) is -0.584. The third kappa shape index (κ3) is 10.9. The fraction of sp³-hybridized carbons (Fsp3) is 0.857. The zero-order valence-electron chi connectivity index (χ0n) is 25.7. The predicted octanol–water partition coefficient (Wildman–Crippen LogP) is 4.50. The number of carbonyl (C=O) groups is 4. The average Bonchev–Trinajstić information content (AvgIpc) is 2.62. The summed E-state index contributed by atoms with van der Waals surface area (Å²) in [4.78, 5) is 56.9. The van der Waals surface area contributed by atoms with Crippen LogP contribution in [0.1, 0.15) is 104 Å². The van der Waals surface area contributed by atoms with Crippen LogP contribution in [0.4, 0.5) is 0 Å². The molecule has 0 aliphatic carbocycles. The molecule has 0 saturated carbocycles. The van der Waals surface area contributed by atoms with Crippen molar-refractivity contribution in [2.75, 3.05) is 19.6 Å². The summed E-state index contributed by atoms with van der Waals surface area (Å²) < 4.78 is 5.49. The molecule has 8 heteroatoms. The van der Waals surface area contributed by atoms with Crippen LogP contribution in [-0.2, 0) is 23.9 Å². The Kier molecular flexibility index (Phi) is 11.2. The molecule has 0 bridgehead atoms. The Hall–Kier alpha value is -2.12. The molecule has 0 aromatic carbocycles. The van der Waals surface area contributed by atoms with Gasteiger partial charge in [-0.15, -0.1) is 0 Å². The minimum Gasteiger partial charge on any atom is -0.459 e. The topological polar surface area (TPSA) is 87.2 Å². The lowest BCUT2D eigenvalue weighted by molar-refractivity contribution is -0.162. The second-order valence-corrected chi connectivity index (χ2v) is 14.0. The molecule has 0 rings (SSSR count). The molecule has 0 saturated heterocycles. The van der Waals surface area contributed by atoms with E-state index in [4.69, 9.17) is 4.74 Å². The molecule has 0 spiro atoms. The highest BCUT2D eigenvalue weighted by molar-refractivity contribution is 5.90. The minimum absolute atomic E-state index is 0.132. The normalized spacial score (nSPS) is 14.5. The largest absolute Gasteiger partial charge is 0.459 e. The fourth-order valence-corrected chi connectivity index (χ4v) is 3.61. The van der Waals surface area contributed by atoms with Crippen LogP contribution < -0.4 is 0 Å². The molecule has 0 aliphatic rings. The smallest absolute Gasteiger partial charge is 0.326 e. The van der Waals surface area contributed by atoms with Gasteiger partial charge in [0.2, 0.25) is 17.7 Å². The van der Waals surface area contributed by atoms with Crippen molar-refractivity contribution in [2.24, 2.45) is 10.8 Å². The van der Waals surface area contributed by atoms with Crippen molar-refractivity contribution in [1.29, 1.82) is 0 Å². The highest BCUT2D eigenvalue weighted by atomic mass is 16.6. The van der Waals surface area contributed by atoms with Gasteiger partial charge in [0.25, 0.3) is 0 Å².